The van der Waals surface area contributed by atoms with Crippen LogP contribution in [0, 0.1) is 0 Å². The van der Waals surface area contributed by atoms with Gasteiger partial charge in [0.25, 0.3) is 0 Å². The van der Waals surface area contributed by atoms with Crippen molar-refractivity contribution < 1.29 is 47.6 Å². The summed E-state index contributed by atoms with van der Waals surface area (Å²) in [6.07, 6.45) is 12.2. The third-order valence-electron chi connectivity index (χ3n) is 8.50. The summed E-state index contributed by atoms with van der Waals surface area (Å²) in [7, 11) is 0. The molecular formula is C44H45N5O10S. The van der Waals surface area contributed by atoms with Gasteiger partial charge in [-0.1, -0.05) is 24.5 Å². The average molecular weight is 836 g/mol. The number of aromatic nitrogens is 3. The fourth-order valence-electron chi connectivity index (χ4n) is 5.38. The van der Waals surface area contributed by atoms with Gasteiger partial charge in [-0.2, -0.15) is 10.1 Å². The minimum Gasteiger partial charge on any atom is -0.494 e. The van der Waals surface area contributed by atoms with Crippen molar-refractivity contribution in [3.05, 3.63) is 121 Å². The maximum absolute atomic E-state index is 13.3. The van der Waals surface area contributed by atoms with E-state index in [-0.39, 0.29) is 18.0 Å². The second-order valence-electron chi connectivity index (χ2n) is 12.9. The molecule has 5 aromatic rings. The minimum atomic E-state index is -0.612. The highest BCUT2D eigenvalue weighted by atomic mass is 32.1. The number of rotatable bonds is 25. The highest BCUT2D eigenvalue weighted by Crippen LogP contribution is 2.29. The van der Waals surface area contributed by atoms with Gasteiger partial charge in [-0.3, -0.25) is 0 Å². The number of azo groups is 1. The summed E-state index contributed by atoms with van der Waals surface area (Å²) >= 11 is 1.22. The van der Waals surface area contributed by atoms with Crippen molar-refractivity contribution in [1.29, 1.82) is 0 Å². The fourth-order valence-corrected chi connectivity index (χ4v) is 6.09. The van der Waals surface area contributed by atoms with Crippen LogP contribution >= 0.6 is 11.3 Å². The van der Waals surface area contributed by atoms with Gasteiger partial charge < -0.3 is 28.4 Å². The Kier molecular flexibility index (Phi) is 17.9. The molecule has 0 unspecified atom stereocenters. The molecule has 0 aliphatic rings. The van der Waals surface area contributed by atoms with Crippen LogP contribution in [-0.2, 0) is 25.6 Å². The molecule has 2 aromatic heterocycles. The topological polar surface area (TPSA) is 187 Å². The normalized spacial score (nSPS) is 10.9. The van der Waals surface area contributed by atoms with Crippen molar-refractivity contribution in [2.24, 2.45) is 10.2 Å². The van der Waals surface area contributed by atoms with E-state index >= 15 is 0 Å². The van der Waals surface area contributed by atoms with Crippen molar-refractivity contribution in [3.8, 4) is 23.0 Å². The van der Waals surface area contributed by atoms with Crippen LogP contribution in [0.15, 0.2) is 115 Å². The minimum absolute atomic E-state index is 0.0354. The van der Waals surface area contributed by atoms with E-state index in [9.17, 15) is 19.2 Å². The van der Waals surface area contributed by atoms with Crippen LogP contribution in [-0.4, -0.2) is 65.3 Å². The van der Waals surface area contributed by atoms with Crippen LogP contribution < -0.4 is 18.9 Å². The van der Waals surface area contributed by atoms with E-state index in [0.717, 1.165) is 63.5 Å². The molecule has 0 fully saturated rings. The Hall–Kier alpha value is -6.81. The molecule has 0 N–H and O–H groups in total. The van der Waals surface area contributed by atoms with Gasteiger partial charge in [0.05, 0.1) is 44.1 Å². The van der Waals surface area contributed by atoms with Crippen molar-refractivity contribution >= 4 is 50.8 Å². The molecule has 0 saturated carbocycles. The lowest BCUT2D eigenvalue weighted by Gasteiger charge is -2.12. The van der Waals surface area contributed by atoms with Crippen LogP contribution in [0.2, 0.25) is 0 Å². The number of carbonyl (C=O) groups excluding carboxylic acids is 4. The van der Waals surface area contributed by atoms with Crippen LogP contribution in [0.3, 0.4) is 0 Å². The molecule has 16 heteroatoms. The first-order valence-electron chi connectivity index (χ1n) is 19.4. The van der Waals surface area contributed by atoms with Gasteiger partial charge in [-0.25, -0.2) is 29.1 Å². The number of hydrogen-bond acceptors (Lipinski definition) is 16. The van der Waals surface area contributed by atoms with Gasteiger partial charge in [-0.05, 0) is 118 Å². The number of benzene rings is 3. The Balaban J connectivity index is 1.15. The Bertz CT molecular complexity index is 2210. The van der Waals surface area contributed by atoms with Gasteiger partial charge in [0.1, 0.15) is 23.0 Å². The van der Waals surface area contributed by atoms with E-state index in [2.05, 4.69) is 38.3 Å². The van der Waals surface area contributed by atoms with Gasteiger partial charge in [0, 0.05) is 30.1 Å². The molecule has 5 rings (SSSR count). The molecule has 15 nitrogen and oxygen atoms in total. The van der Waals surface area contributed by atoms with Gasteiger partial charge in [0.2, 0.25) is 5.13 Å². The average Bonchev–Trinajstić information content (AvgIpc) is 3.69. The molecule has 0 spiro atoms. The zero-order valence-corrected chi connectivity index (χ0v) is 33.8. The van der Waals surface area contributed by atoms with E-state index in [1.165, 1.54) is 29.7 Å². The molecule has 0 bridgehead atoms. The van der Waals surface area contributed by atoms with Crippen LogP contribution in [0.4, 0.5) is 5.13 Å². The first-order valence-corrected chi connectivity index (χ1v) is 20.2. The number of fused-ring (bicyclic) bond motifs is 1. The number of hydrogen-bond donors (Lipinski definition) is 0. The first-order chi connectivity index (χ1) is 29.3. The number of thiazole rings is 1. The smallest absolute Gasteiger partial charge is 0.343 e. The predicted molar refractivity (Wildman–Crippen MR) is 223 cm³/mol. The van der Waals surface area contributed by atoms with E-state index in [1.807, 2.05) is 0 Å². The maximum Gasteiger partial charge on any atom is 0.343 e. The van der Waals surface area contributed by atoms with Crippen molar-refractivity contribution in [1.82, 2.24) is 15.0 Å². The molecule has 60 heavy (non-hydrogen) atoms. The second kappa shape index (κ2) is 24.2. The zero-order chi connectivity index (χ0) is 42.4. The van der Waals surface area contributed by atoms with Crippen molar-refractivity contribution in [3.63, 3.8) is 0 Å². The Morgan fingerprint density at radius 3 is 1.68 bits per heavy atom. The summed E-state index contributed by atoms with van der Waals surface area (Å²) in [6.45, 7) is 8.44. The van der Waals surface area contributed by atoms with Crippen LogP contribution in [0.1, 0.15) is 77.6 Å². The van der Waals surface area contributed by atoms with E-state index in [0.29, 0.717) is 70.2 Å². The summed E-state index contributed by atoms with van der Waals surface area (Å²) in [5, 5.41) is 8.85. The highest BCUT2D eigenvalue weighted by Gasteiger charge is 2.16. The second-order valence-corrected chi connectivity index (χ2v) is 13.9. The van der Waals surface area contributed by atoms with Crippen molar-refractivity contribution in [2.45, 2.75) is 57.9 Å². The van der Waals surface area contributed by atoms with Crippen LogP contribution in [0.25, 0.3) is 10.5 Å². The molecule has 0 aliphatic heterocycles. The number of carbonyl (C=O) groups is 4. The summed E-state index contributed by atoms with van der Waals surface area (Å²) < 4.78 is 33.1. The number of esters is 4. The highest BCUT2D eigenvalue weighted by molar-refractivity contribution is 7.21. The van der Waals surface area contributed by atoms with Crippen LogP contribution in [0.5, 0.6) is 23.0 Å². The summed E-state index contributed by atoms with van der Waals surface area (Å²) in [5.41, 5.74) is 1.48. The SMILES string of the molecule is C=CC(=O)OCCCCCCOc1ccc(C(=O)Oc2ccc(OC(=O)c3ccc(OCCCCCCOC(=O)C=C)cc3)c(CN=Nc3nc4nccnc4s3)c2)cc1. The summed E-state index contributed by atoms with van der Waals surface area (Å²) in [6, 6.07) is 17.9. The number of unbranched alkanes of at least 4 members (excludes halogenated alkanes) is 6. The lowest BCUT2D eigenvalue weighted by Crippen LogP contribution is -2.11. The predicted octanol–water partition coefficient (Wildman–Crippen LogP) is 9.15. The molecule has 3 aromatic carbocycles. The van der Waals surface area contributed by atoms with E-state index in [1.54, 1.807) is 60.8 Å². The van der Waals surface area contributed by atoms with Gasteiger partial charge >= 0.3 is 23.9 Å². The Morgan fingerprint density at radius 1 is 0.617 bits per heavy atom. The first kappa shape index (κ1) is 44.3. The number of nitrogens with zero attached hydrogens (tertiary/aromatic N) is 5. The third kappa shape index (κ3) is 14.8. The molecule has 312 valence electrons. The van der Waals surface area contributed by atoms with Crippen molar-refractivity contribution in [2.75, 3.05) is 26.4 Å². The zero-order valence-electron chi connectivity index (χ0n) is 33.0. The van der Waals surface area contributed by atoms with E-state index < -0.39 is 23.9 Å². The molecule has 0 aliphatic carbocycles. The monoisotopic (exact) mass is 835 g/mol. The lowest BCUT2D eigenvalue weighted by molar-refractivity contribution is -0.138. The molecule has 0 radical (unpaired) electrons. The molecule has 0 saturated heterocycles. The molecule has 0 atom stereocenters. The fraction of sp³-hybridized carbons (Fsp3) is 0.295. The molecule has 2 heterocycles. The summed E-state index contributed by atoms with van der Waals surface area (Å²) in [4.78, 5) is 62.0. The Morgan fingerprint density at radius 2 is 1.13 bits per heavy atom. The standard InChI is InChI=1S/C44H45N5O10S/c1-3-38(50)56-27-11-7-5-9-25-54-34-17-13-31(14-18-34)42(52)58-36-21-22-37(33(29-36)30-47-49-44-48-40-41(60-44)46-24-23-45-40)59-43(53)32-15-19-35(20-16-32)55-26-10-6-8-12-28-57-39(51)4-2/h3-4,13-24,29H,1-2,5-12,25-28,30H2. The molecule has 0 amide bonds. The van der Waals surface area contributed by atoms with E-state index in [4.69, 9.17) is 28.4 Å². The van der Waals surface area contributed by atoms with Gasteiger partial charge in [-0.15, -0.1) is 5.11 Å². The third-order valence-corrected chi connectivity index (χ3v) is 9.33. The Labute approximate surface area is 351 Å². The summed E-state index contributed by atoms with van der Waals surface area (Å²) in [5.74, 6) is -0.429. The number of ether oxygens (including phenoxy) is 6. The largest absolute Gasteiger partial charge is 0.494 e. The molecular weight excluding hydrogens is 791 g/mol. The quantitative estimate of drug-likeness (QED) is 0.0178. The van der Waals surface area contributed by atoms with Gasteiger partial charge in [0.15, 0.2) is 10.5 Å². The maximum atomic E-state index is 13.3. The lowest BCUT2D eigenvalue weighted by atomic mass is 10.1.